The molecule has 0 aliphatic carbocycles. The molecule has 96 valence electrons. The zero-order chi connectivity index (χ0) is 11.4. The lowest BCUT2D eigenvalue weighted by Crippen LogP contribution is -2.14. The molecule has 0 aromatic heterocycles. The third kappa shape index (κ3) is 3.35. The van der Waals surface area contributed by atoms with E-state index in [2.05, 4.69) is 17.4 Å². The van der Waals surface area contributed by atoms with Crippen molar-refractivity contribution in [2.24, 2.45) is 5.92 Å². The van der Waals surface area contributed by atoms with Gasteiger partial charge in [0, 0.05) is 31.5 Å². The number of aliphatic hydroxyl groups excluding tert-OH is 1. The molecule has 1 saturated heterocycles. The van der Waals surface area contributed by atoms with Crippen LogP contribution in [0.2, 0.25) is 0 Å². The van der Waals surface area contributed by atoms with Gasteiger partial charge in [0.15, 0.2) is 0 Å². The number of halogens is 1. The minimum Gasteiger partial charge on any atom is -0.494 e. The number of hydrogen-bond donors (Lipinski definition) is 2. The fourth-order valence-corrected chi connectivity index (χ4v) is 2.32. The topological polar surface area (TPSA) is 41.5 Å². The van der Waals surface area contributed by atoms with Crippen LogP contribution in [0.1, 0.15) is 18.4 Å². The van der Waals surface area contributed by atoms with Crippen molar-refractivity contribution in [3.8, 4) is 5.75 Å². The van der Waals surface area contributed by atoms with E-state index in [4.69, 9.17) is 4.74 Å². The van der Waals surface area contributed by atoms with Gasteiger partial charge in [0.2, 0.25) is 0 Å². The SMILES string of the molecule is CCOc1cccc([C@@H]2CNC[C@H]2CO)c1.Cl. The van der Waals surface area contributed by atoms with Gasteiger partial charge in [0.1, 0.15) is 5.75 Å². The highest BCUT2D eigenvalue weighted by Crippen LogP contribution is 2.29. The Morgan fingerprint density at radius 3 is 2.94 bits per heavy atom. The van der Waals surface area contributed by atoms with E-state index in [-0.39, 0.29) is 19.0 Å². The summed E-state index contributed by atoms with van der Waals surface area (Å²) in [4.78, 5) is 0. The largest absolute Gasteiger partial charge is 0.494 e. The second-order valence-corrected chi connectivity index (χ2v) is 4.21. The lowest BCUT2D eigenvalue weighted by atomic mass is 9.89. The summed E-state index contributed by atoms with van der Waals surface area (Å²) in [5.74, 6) is 1.66. The van der Waals surface area contributed by atoms with Crippen molar-refractivity contribution in [1.82, 2.24) is 5.32 Å². The standard InChI is InChI=1S/C13H19NO2.ClH/c1-2-16-12-5-3-4-10(6-12)13-8-14-7-11(13)9-15;/h3-6,11,13-15H,2,7-9H2,1H3;1H/t11-,13-;/m0./s1. The van der Waals surface area contributed by atoms with Crippen LogP contribution in [0.5, 0.6) is 5.75 Å². The molecule has 1 heterocycles. The first-order valence-electron chi connectivity index (χ1n) is 5.89. The zero-order valence-electron chi connectivity index (χ0n) is 10.1. The fraction of sp³-hybridized carbons (Fsp3) is 0.538. The average molecular weight is 258 g/mol. The maximum Gasteiger partial charge on any atom is 0.119 e. The predicted molar refractivity (Wildman–Crippen MR) is 71.0 cm³/mol. The molecule has 17 heavy (non-hydrogen) atoms. The zero-order valence-corrected chi connectivity index (χ0v) is 10.9. The van der Waals surface area contributed by atoms with Crippen molar-refractivity contribution in [1.29, 1.82) is 0 Å². The van der Waals surface area contributed by atoms with Gasteiger partial charge in [-0.15, -0.1) is 12.4 Å². The van der Waals surface area contributed by atoms with Gasteiger partial charge < -0.3 is 15.2 Å². The summed E-state index contributed by atoms with van der Waals surface area (Å²) in [6.45, 7) is 4.77. The van der Waals surface area contributed by atoms with E-state index in [1.165, 1.54) is 5.56 Å². The van der Waals surface area contributed by atoms with Gasteiger partial charge in [-0.05, 0) is 24.6 Å². The van der Waals surface area contributed by atoms with Gasteiger partial charge in [-0.25, -0.2) is 0 Å². The maximum absolute atomic E-state index is 9.30. The fourth-order valence-electron chi connectivity index (χ4n) is 2.32. The van der Waals surface area contributed by atoms with Crippen molar-refractivity contribution < 1.29 is 9.84 Å². The minimum atomic E-state index is 0. The van der Waals surface area contributed by atoms with Gasteiger partial charge >= 0.3 is 0 Å². The highest BCUT2D eigenvalue weighted by Gasteiger charge is 2.27. The number of ether oxygens (including phenoxy) is 1. The van der Waals surface area contributed by atoms with Crippen LogP contribution in [0.15, 0.2) is 24.3 Å². The molecule has 1 aromatic rings. The van der Waals surface area contributed by atoms with Crippen molar-refractivity contribution in [2.45, 2.75) is 12.8 Å². The summed E-state index contributed by atoms with van der Waals surface area (Å²) >= 11 is 0. The van der Waals surface area contributed by atoms with Gasteiger partial charge in [-0.3, -0.25) is 0 Å². The molecule has 0 bridgehead atoms. The summed E-state index contributed by atoms with van der Waals surface area (Å²) in [5, 5.41) is 12.6. The van der Waals surface area contributed by atoms with Crippen LogP contribution in [0, 0.1) is 5.92 Å². The molecule has 0 amide bonds. The monoisotopic (exact) mass is 257 g/mol. The van der Waals surface area contributed by atoms with Crippen LogP contribution >= 0.6 is 12.4 Å². The van der Waals surface area contributed by atoms with Crippen molar-refractivity contribution in [3.63, 3.8) is 0 Å². The molecule has 4 heteroatoms. The van der Waals surface area contributed by atoms with E-state index in [0.29, 0.717) is 18.4 Å². The Balaban J connectivity index is 0.00000144. The lowest BCUT2D eigenvalue weighted by molar-refractivity contribution is 0.226. The Hall–Kier alpha value is -0.770. The van der Waals surface area contributed by atoms with Crippen molar-refractivity contribution in [2.75, 3.05) is 26.3 Å². The second kappa shape index (κ2) is 6.84. The molecule has 1 aliphatic heterocycles. The molecule has 2 atom stereocenters. The Labute approximate surface area is 109 Å². The lowest BCUT2D eigenvalue weighted by Gasteiger charge is -2.17. The summed E-state index contributed by atoms with van der Waals surface area (Å²) in [6.07, 6.45) is 0. The Kier molecular flexibility index (Phi) is 5.75. The Bertz CT molecular complexity index is 346. The highest BCUT2D eigenvalue weighted by atomic mass is 35.5. The van der Waals surface area contributed by atoms with Gasteiger partial charge in [-0.1, -0.05) is 12.1 Å². The van der Waals surface area contributed by atoms with Crippen LogP contribution in [0.4, 0.5) is 0 Å². The average Bonchev–Trinajstić information content (AvgIpc) is 2.78. The molecule has 1 fully saturated rings. The normalized spacial score (nSPS) is 23.2. The van der Waals surface area contributed by atoms with E-state index < -0.39 is 0 Å². The molecule has 3 nitrogen and oxygen atoms in total. The molecule has 0 unspecified atom stereocenters. The van der Waals surface area contributed by atoms with E-state index in [1.54, 1.807) is 0 Å². The van der Waals surface area contributed by atoms with E-state index in [1.807, 2.05) is 19.1 Å². The molecular weight excluding hydrogens is 238 g/mol. The van der Waals surface area contributed by atoms with E-state index in [0.717, 1.165) is 18.8 Å². The summed E-state index contributed by atoms with van der Waals surface area (Å²) in [7, 11) is 0. The number of nitrogens with one attached hydrogen (secondary N) is 1. The number of hydrogen-bond acceptors (Lipinski definition) is 3. The van der Waals surface area contributed by atoms with Crippen LogP contribution in [-0.2, 0) is 0 Å². The molecule has 0 saturated carbocycles. The molecular formula is C13H20ClNO2. The van der Waals surface area contributed by atoms with Crippen LogP contribution in [0.3, 0.4) is 0 Å². The summed E-state index contributed by atoms with van der Waals surface area (Å²) in [6, 6.07) is 8.20. The number of benzene rings is 1. The first-order chi connectivity index (χ1) is 7.85. The molecule has 0 spiro atoms. The summed E-state index contributed by atoms with van der Waals surface area (Å²) < 4.78 is 5.49. The Morgan fingerprint density at radius 1 is 1.41 bits per heavy atom. The molecule has 1 aliphatic rings. The smallest absolute Gasteiger partial charge is 0.119 e. The molecule has 1 aromatic carbocycles. The van der Waals surface area contributed by atoms with Gasteiger partial charge in [-0.2, -0.15) is 0 Å². The predicted octanol–water partition coefficient (Wildman–Crippen LogP) is 1.80. The third-order valence-electron chi connectivity index (χ3n) is 3.17. The minimum absolute atomic E-state index is 0. The molecule has 2 rings (SSSR count). The van der Waals surface area contributed by atoms with Gasteiger partial charge in [0.05, 0.1) is 6.61 Å². The quantitative estimate of drug-likeness (QED) is 0.864. The maximum atomic E-state index is 9.30. The first-order valence-corrected chi connectivity index (χ1v) is 5.89. The van der Waals surface area contributed by atoms with E-state index in [9.17, 15) is 5.11 Å². The number of rotatable bonds is 4. The molecule has 2 N–H and O–H groups in total. The van der Waals surface area contributed by atoms with Crippen molar-refractivity contribution >= 4 is 12.4 Å². The second-order valence-electron chi connectivity index (χ2n) is 4.21. The van der Waals surface area contributed by atoms with Crippen molar-refractivity contribution in [3.05, 3.63) is 29.8 Å². The van der Waals surface area contributed by atoms with E-state index >= 15 is 0 Å². The highest BCUT2D eigenvalue weighted by molar-refractivity contribution is 5.85. The third-order valence-corrected chi connectivity index (χ3v) is 3.17. The van der Waals surface area contributed by atoms with Crippen LogP contribution in [0.25, 0.3) is 0 Å². The number of aliphatic hydroxyl groups is 1. The Morgan fingerprint density at radius 2 is 2.24 bits per heavy atom. The van der Waals surface area contributed by atoms with Gasteiger partial charge in [0.25, 0.3) is 0 Å². The first kappa shape index (κ1) is 14.3. The summed E-state index contributed by atoms with van der Waals surface area (Å²) in [5.41, 5.74) is 1.26. The van der Waals surface area contributed by atoms with Crippen LogP contribution in [-0.4, -0.2) is 31.4 Å². The van der Waals surface area contributed by atoms with Crippen LogP contribution < -0.4 is 10.1 Å². The molecule has 0 radical (unpaired) electrons.